The Morgan fingerprint density at radius 2 is 1.92 bits per heavy atom. The van der Waals surface area contributed by atoms with Gasteiger partial charge in [0.15, 0.2) is 5.03 Å². The molecule has 25 heavy (non-hydrogen) atoms. The Morgan fingerprint density at radius 1 is 1.24 bits per heavy atom. The van der Waals surface area contributed by atoms with Crippen LogP contribution in [0.25, 0.3) is 0 Å². The summed E-state index contributed by atoms with van der Waals surface area (Å²) in [6.07, 6.45) is 0.832. The zero-order valence-electron chi connectivity index (χ0n) is 12.1. The normalized spacial score (nSPS) is 12.0. The van der Waals surface area contributed by atoms with Crippen LogP contribution in [-0.2, 0) is 16.4 Å². The van der Waals surface area contributed by atoms with Crippen molar-refractivity contribution in [1.82, 2.24) is 10.3 Å². The number of alkyl halides is 3. The summed E-state index contributed by atoms with van der Waals surface area (Å²) in [6, 6.07) is 5.70. The fourth-order valence-corrected chi connectivity index (χ4v) is 3.09. The Morgan fingerprint density at radius 3 is 2.56 bits per heavy atom. The van der Waals surface area contributed by atoms with Gasteiger partial charge in [-0.1, -0.05) is 15.9 Å². The fourth-order valence-electron chi connectivity index (χ4n) is 1.84. The molecule has 1 N–H and O–H groups in total. The van der Waals surface area contributed by atoms with Crippen LogP contribution in [0.1, 0.15) is 15.9 Å². The van der Waals surface area contributed by atoms with Crippen molar-refractivity contribution in [3.63, 3.8) is 0 Å². The first kappa shape index (κ1) is 19.3. The van der Waals surface area contributed by atoms with Crippen LogP contribution < -0.4 is 5.32 Å². The van der Waals surface area contributed by atoms with Crippen molar-refractivity contribution in [2.45, 2.75) is 17.1 Å². The van der Waals surface area contributed by atoms with E-state index in [4.69, 9.17) is 0 Å². The van der Waals surface area contributed by atoms with Crippen LogP contribution in [0.4, 0.5) is 17.6 Å². The number of nitrogens with one attached hydrogen (secondary N) is 1. The molecule has 0 saturated heterocycles. The summed E-state index contributed by atoms with van der Waals surface area (Å²) in [6.45, 7) is -0.239. The van der Waals surface area contributed by atoms with Crippen molar-refractivity contribution in [3.05, 3.63) is 57.9 Å². The number of aromatic nitrogens is 1. The van der Waals surface area contributed by atoms with Gasteiger partial charge in [0, 0.05) is 17.2 Å². The zero-order chi connectivity index (χ0) is 18.8. The molecule has 0 atom stereocenters. The van der Waals surface area contributed by atoms with E-state index in [1.807, 2.05) is 0 Å². The molecule has 0 bridgehead atoms. The molecule has 11 heteroatoms. The average molecular weight is 441 g/mol. The maximum Gasteiger partial charge on any atom is 0.503 e. The molecule has 0 aliphatic heterocycles. The Labute approximate surface area is 148 Å². The van der Waals surface area contributed by atoms with E-state index in [2.05, 4.69) is 26.2 Å². The number of halogens is 5. The average Bonchev–Trinajstić information content (AvgIpc) is 2.54. The van der Waals surface area contributed by atoms with Crippen molar-refractivity contribution >= 4 is 31.7 Å². The smallest absolute Gasteiger partial charge is 0.348 e. The van der Waals surface area contributed by atoms with E-state index < -0.39 is 37.7 Å². The Balaban J connectivity index is 2.31. The van der Waals surface area contributed by atoms with Crippen LogP contribution >= 0.6 is 15.9 Å². The number of carbonyl (C=O) groups is 1. The first-order chi connectivity index (χ1) is 11.5. The summed E-state index contributed by atoms with van der Waals surface area (Å²) in [5, 5.41) is 0.849. The second kappa shape index (κ2) is 7.08. The van der Waals surface area contributed by atoms with Crippen LogP contribution in [0, 0.1) is 5.82 Å². The molecule has 1 amide bonds. The predicted molar refractivity (Wildman–Crippen MR) is 82.7 cm³/mol. The number of nitrogens with zero attached hydrogens (tertiary/aromatic N) is 1. The molecule has 0 aliphatic carbocycles. The molecule has 0 radical (unpaired) electrons. The summed E-state index contributed by atoms with van der Waals surface area (Å²) < 4.78 is 74.8. The van der Waals surface area contributed by atoms with Crippen LogP contribution in [0.3, 0.4) is 0 Å². The second-order valence-corrected chi connectivity index (χ2v) is 7.43. The minimum Gasteiger partial charge on any atom is -0.348 e. The Kier molecular flexibility index (Phi) is 5.47. The van der Waals surface area contributed by atoms with Gasteiger partial charge < -0.3 is 5.32 Å². The number of rotatable bonds is 4. The van der Waals surface area contributed by atoms with Gasteiger partial charge in [0.25, 0.3) is 15.7 Å². The van der Waals surface area contributed by atoms with Crippen LogP contribution in [0.5, 0.6) is 0 Å². The summed E-state index contributed by atoms with van der Waals surface area (Å²) in [5.41, 5.74) is -6.04. The highest BCUT2D eigenvalue weighted by Gasteiger charge is 2.49. The molecule has 0 aliphatic rings. The molecule has 0 spiro atoms. The monoisotopic (exact) mass is 440 g/mol. The van der Waals surface area contributed by atoms with Gasteiger partial charge >= 0.3 is 5.51 Å². The summed E-state index contributed by atoms with van der Waals surface area (Å²) in [4.78, 5) is 15.3. The van der Waals surface area contributed by atoms with Crippen molar-refractivity contribution in [2.75, 3.05) is 0 Å². The van der Waals surface area contributed by atoms with Gasteiger partial charge in [-0.25, -0.2) is 17.8 Å². The molecule has 1 aromatic carbocycles. The molecule has 1 heterocycles. The molecule has 0 saturated carbocycles. The van der Waals surface area contributed by atoms with E-state index in [0.29, 0.717) is 10.0 Å². The lowest BCUT2D eigenvalue weighted by Gasteiger charge is -2.12. The lowest BCUT2D eigenvalue weighted by molar-refractivity contribution is -0.0438. The molecule has 134 valence electrons. The van der Waals surface area contributed by atoms with Gasteiger partial charge in [-0.15, -0.1) is 0 Å². The topological polar surface area (TPSA) is 76.1 Å². The number of sulfone groups is 1. The third-order valence-electron chi connectivity index (χ3n) is 3.02. The summed E-state index contributed by atoms with van der Waals surface area (Å²) in [7, 11) is -5.79. The molecule has 5 nitrogen and oxygen atoms in total. The maximum atomic E-state index is 13.2. The third-order valence-corrected chi connectivity index (χ3v) is 5.24. The maximum absolute atomic E-state index is 13.2. The number of pyridine rings is 1. The van der Waals surface area contributed by atoms with E-state index >= 15 is 0 Å². The Bertz CT molecular complexity index is 917. The number of benzene rings is 1. The first-order valence-electron chi connectivity index (χ1n) is 6.52. The van der Waals surface area contributed by atoms with Gasteiger partial charge in [-0.2, -0.15) is 13.2 Å². The molecule has 1 aromatic heterocycles. The third kappa shape index (κ3) is 4.15. The van der Waals surface area contributed by atoms with E-state index in [1.165, 1.54) is 12.1 Å². The van der Waals surface area contributed by atoms with Gasteiger partial charge in [0.1, 0.15) is 5.82 Å². The molecule has 0 unspecified atom stereocenters. The number of carbonyl (C=O) groups excluding carboxylic acids is 1. The first-order valence-corrected chi connectivity index (χ1v) is 8.80. The van der Waals surface area contributed by atoms with E-state index in [1.54, 1.807) is 0 Å². The largest absolute Gasteiger partial charge is 0.503 e. The standard InChI is InChI=1S/C14H9BrF4N2O3S/c15-11-4-3-9(16)6-8(11)7-21-12(22)10-2-1-5-20-13(10)25(23,24)14(17,18)19/h1-6H,7H2,(H,21,22). The lowest BCUT2D eigenvalue weighted by atomic mass is 10.2. The quantitative estimate of drug-likeness (QED) is 0.740. The summed E-state index contributed by atoms with van der Waals surface area (Å²) >= 11 is 3.13. The van der Waals surface area contributed by atoms with Gasteiger partial charge in [0.05, 0.1) is 5.56 Å². The second-order valence-electron chi connectivity index (χ2n) is 4.72. The SMILES string of the molecule is O=C(NCc1cc(F)ccc1Br)c1cccnc1S(=O)(=O)C(F)(F)F. The Hall–Kier alpha value is -2.01. The van der Waals surface area contributed by atoms with Crippen molar-refractivity contribution in [2.24, 2.45) is 0 Å². The summed E-state index contributed by atoms with van der Waals surface area (Å²) in [5.74, 6) is -1.67. The van der Waals surface area contributed by atoms with Crippen LogP contribution in [0.2, 0.25) is 0 Å². The van der Waals surface area contributed by atoms with Gasteiger partial charge in [-0.05, 0) is 35.9 Å². The highest BCUT2D eigenvalue weighted by molar-refractivity contribution is 9.10. The number of amides is 1. The zero-order valence-corrected chi connectivity index (χ0v) is 14.5. The molecule has 2 aromatic rings. The molecule has 0 fully saturated rings. The molecular weight excluding hydrogens is 432 g/mol. The minimum atomic E-state index is -5.79. The van der Waals surface area contributed by atoms with Gasteiger partial charge in [0.2, 0.25) is 0 Å². The van der Waals surface area contributed by atoms with Crippen molar-refractivity contribution in [3.8, 4) is 0 Å². The lowest BCUT2D eigenvalue weighted by Crippen LogP contribution is -2.30. The predicted octanol–water partition coefficient (Wildman–Crippen LogP) is 3.21. The van der Waals surface area contributed by atoms with E-state index in [9.17, 15) is 30.8 Å². The van der Waals surface area contributed by atoms with Gasteiger partial charge in [-0.3, -0.25) is 4.79 Å². The van der Waals surface area contributed by atoms with Crippen molar-refractivity contribution < 1.29 is 30.8 Å². The number of hydrogen-bond donors (Lipinski definition) is 1. The van der Waals surface area contributed by atoms with Crippen LogP contribution in [0.15, 0.2) is 46.0 Å². The highest BCUT2D eigenvalue weighted by Crippen LogP contribution is 2.30. The van der Waals surface area contributed by atoms with Crippen molar-refractivity contribution in [1.29, 1.82) is 0 Å². The van der Waals surface area contributed by atoms with Crippen LogP contribution in [-0.4, -0.2) is 24.8 Å². The highest BCUT2D eigenvalue weighted by atomic mass is 79.9. The van der Waals surface area contributed by atoms with E-state index in [-0.39, 0.29) is 6.54 Å². The molecular formula is C14H9BrF4N2O3S. The molecule has 2 rings (SSSR count). The number of hydrogen-bond acceptors (Lipinski definition) is 4. The van der Waals surface area contributed by atoms with E-state index in [0.717, 1.165) is 24.4 Å². The minimum absolute atomic E-state index is 0.239. The fraction of sp³-hybridized carbons (Fsp3) is 0.143.